The van der Waals surface area contributed by atoms with Gasteiger partial charge >= 0.3 is 0 Å². The predicted molar refractivity (Wildman–Crippen MR) is 87.4 cm³/mol. The summed E-state index contributed by atoms with van der Waals surface area (Å²) >= 11 is 0. The van der Waals surface area contributed by atoms with Gasteiger partial charge in [0.2, 0.25) is 12.5 Å². The molecular weight excluding hydrogens is 292 g/mol. The lowest BCUT2D eigenvalue weighted by atomic mass is 10.1. The first-order valence-electron chi connectivity index (χ1n) is 7.31. The lowest BCUT2D eigenvalue weighted by molar-refractivity contribution is 0.174. The summed E-state index contributed by atoms with van der Waals surface area (Å²) in [6, 6.07) is 15.7. The van der Waals surface area contributed by atoms with Gasteiger partial charge in [-0.1, -0.05) is 18.2 Å². The lowest BCUT2D eigenvalue weighted by Gasteiger charge is -2.11. The number of hydrogen-bond acceptors (Lipinski definition) is 5. The van der Waals surface area contributed by atoms with Gasteiger partial charge < -0.3 is 19.2 Å². The fourth-order valence-corrected chi connectivity index (χ4v) is 2.87. The van der Waals surface area contributed by atoms with Gasteiger partial charge in [-0.3, -0.25) is 0 Å². The topological polar surface area (TPSA) is 56.5 Å². The Morgan fingerprint density at radius 3 is 2.83 bits per heavy atom. The Bertz CT molecular complexity index is 1040. The maximum atomic E-state index is 5.48. The molecule has 112 valence electrons. The Hall–Kier alpha value is -3.21. The molecule has 0 aliphatic carbocycles. The number of furan rings is 1. The maximum absolute atomic E-state index is 5.48. The minimum atomic E-state index is 0.267. The number of hydrogen-bond donors (Lipinski definition) is 1. The van der Waals surface area contributed by atoms with E-state index in [0.29, 0.717) is 5.71 Å². The molecule has 0 saturated carbocycles. The lowest BCUT2D eigenvalue weighted by Crippen LogP contribution is -1.94. The second-order valence-corrected chi connectivity index (χ2v) is 5.34. The van der Waals surface area contributed by atoms with Gasteiger partial charge in [-0.2, -0.15) is 0 Å². The third-order valence-corrected chi connectivity index (χ3v) is 3.95. The van der Waals surface area contributed by atoms with E-state index in [1.165, 1.54) is 0 Å². The summed E-state index contributed by atoms with van der Waals surface area (Å²) in [6.07, 6.45) is 1.65. The number of ether oxygens (including phenoxy) is 2. The van der Waals surface area contributed by atoms with Crippen LogP contribution >= 0.6 is 0 Å². The molecule has 1 aliphatic rings. The molecule has 0 amide bonds. The third-order valence-electron chi connectivity index (χ3n) is 3.95. The quantitative estimate of drug-likeness (QED) is 0.593. The fraction of sp³-hybridized carbons (Fsp3) is 0.0556. The molecule has 5 nitrogen and oxygen atoms in total. The Kier molecular flexibility index (Phi) is 2.49. The molecule has 23 heavy (non-hydrogen) atoms. The van der Waals surface area contributed by atoms with E-state index in [1.54, 1.807) is 6.26 Å². The monoisotopic (exact) mass is 304 g/mol. The van der Waals surface area contributed by atoms with Crippen molar-refractivity contribution in [3.8, 4) is 11.5 Å². The van der Waals surface area contributed by atoms with Gasteiger partial charge in [0.25, 0.3) is 0 Å². The second-order valence-electron chi connectivity index (χ2n) is 5.34. The van der Waals surface area contributed by atoms with E-state index >= 15 is 0 Å². The summed E-state index contributed by atoms with van der Waals surface area (Å²) in [4.78, 5) is 4.55. The summed E-state index contributed by atoms with van der Waals surface area (Å²) in [5.41, 5.74) is 3.40. The Labute approximate surface area is 131 Å². The van der Waals surface area contributed by atoms with Crippen molar-refractivity contribution in [2.45, 2.75) is 0 Å². The molecular formula is C18H12N2O3. The number of para-hydroxylation sites is 1. The van der Waals surface area contributed by atoms with Gasteiger partial charge in [0.15, 0.2) is 11.5 Å². The SMILES string of the molecule is c1ccc2c(Nc3ccc4c(c3)OCO4)c3ccoc3nc2c1. The number of aromatic nitrogens is 1. The number of nitrogens with zero attached hydrogens (tertiary/aromatic N) is 1. The van der Waals surface area contributed by atoms with Crippen molar-refractivity contribution < 1.29 is 13.9 Å². The van der Waals surface area contributed by atoms with Crippen LogP contribution in [0.15, 0.2) is 59.2 Å². The number of anilines is 2. The highest BCUT2D eigenvalue weighted by Gasteiger charge is 2.15. The molecule has 0 fully saturated rings. The fourth-order valence-electron chi connectivity index (χ4n) is 2.87. The minimum Gasteiger partial charge on any atom is -0.454 e. The number of rotatable bonds is 2. The van der Waals surface area contributed by atoms with Crippen LogP contribution in [-0.2, 0) is 0 Å². The van der Waals surface area contributed by atoms with Crippen LogP contribution in [0, 0.1) is 0 Å². The van der Waals surface area contributed by atoms with Crippen molar-refractivity contribution in [1.29, 1.82) is 0 Å². The summed E-state index contributed by atoms with van der Waals surface area (Å²) < 4.78 is 16.3. The molecule has 0 spiro atoms. The van der Waals surface area contributed by atoms with E-state index in [-0.39, 0.29) is 6.79 Å². The average molecular weight is 304 g/mol. The van der Waals surface area contributed by atoms with Crippen LogP contribution in [-0.4, -0.2) is 11.8 Å². The zero-order valence-corrected chi connectivity index (χ0v) is 12.1. The van der Waals surface area contributed by atoms with Gasteiger partial charge in [0, 0.05) is 17.1 Å². The first-order valence-corrected chi connectivity index (χ1v) is 7.31. The van der Waals surface area contributed by atoms with Gasteiger partial charge in [-0.15, -0.1) is 0 Å². The molecule has 0 atom stereocenters. The van der Waals surface area contributed by atoms with Crippen LogP contribution in [0.5, 0.6) is 11.5 Å². The van der Waals surface area contributed by atoms with Gasteiger partial charge in [0.05, 0.1) is 22.9 Å². The number of nitrogens with one attached hydrogen (secondary N) is 1. The highest BCUT2D eigenvalue weighted by atomic mass is 16.7. The van der Waals surface area contributed by atoms with E-state index in [4.69, 9.17) is 13.9 Å². The van der Waals surface area contributed by atoms with E-state index in [2.05, 4.69) is 10.3 Å². The number of benzene rings is 2. The van der Waals surface area contributed by atoms with Crippen LogP contribution in [0.25, 0.3) is 22.0 Å². The van der Waals surface area contributed by atoms with E-state index in [9.17, 15) is 0 Å². The zero-order valence-electron chi connectivity index (χ0n) is 12.1. The molecule has 5 rings (SSSR count). The highest BCUT2D eigenvalue weighted by Crippen LogP contribution is 2.38. The number of fused-ring (bicyclic) bond motifs is 3. The largest absolute Gasteiger partial charge is 0.454 e. The van der Waals surface area contributed by atoms with Crippen LogP contribution in [0.1, 0.15) is 0 Å². The Morgan fingerprint density at radius 2 is 1.83 bits per heavy atom. The Morgan fingerprint density at radius 1 is 0.913 bits per heavy atom. The zero-order chi connectivity index (χ0) is 15.2. The summed E-state index contributed by atoms with van der Waals surface area (Å²) in [7, 11) is 0. The van der Waals surface area contributed by atoms with Gasteiger partial charge in [-0.25, -0.2) is 4.98 Å². The van der Waals surface area contributed by atoms with E-state index in [0.717, 1.165) is 39.2 Å². The first-order chi connectivity index (χ1) is 11.4. The molecule has 0 bridgehead atoms. The summed E-state index contributed by atoms with van der Waals surface area (Å²) in [6.45, 7) is 0.267. The molecule has 1 N–H and O–H groups in total. The van der Waals surface area contributed by atoms with Crippen LogP contribution < -0.4 is 14.8 Å². The molecule has 0 unspecified atom stereocenters. The van der Waals surface area contributed by atoms with Crippen molar-refractivity contribution in [2.24, 2.45) is 0 Å². The predicted octanol–water partition coefficient (Wildman–Crippen LogP) is 4.45. The van der Waals surface area contributed by atoms with Crippen molar-refractivity contribution in [3.63, 3.8) is 0 Å². The summed E-state index contributed by atoms with van der Waals surface area (Å²) in [5, 5.41) is 5.46. The van der Waals surface area contributed by atoms with E-state index < -0.39 is 0 Å². The number of pyridine rings is 1. The average Bonchev–Trinajstić information content (AvgIpc) is 3.22. The smallest absolute Gasteiger partial charge is 0.231 e. The van der Waals surface area contributed by atoms with Crippen LogP contribution in [0.3, 0.4) is 0 Å². The third kappa shape index (κ3) is 1.90. The van der Waals surface area contributed by atoms with Gasteiger partial charge in [0.1, 0.15) is 0 Å². The standard InChI is InChI=1S/C18H12N2O3/c1-2-4-14-12(3-1)17(13-7-8-21-18(13)20-14)19-11-5-6-15-16(9-11)23-10-22-15/h1-9H,10H2,(H,19,20). The van der Waals surface area contributed by atoms with Crippen LogP contribution in [0.2, 0.25) is 0 Å². The normalized spacial score (nSPS) is 12.9. The van der Waals surface area contributed by atoms with Crippen molar-refractivity contribution >= 4 is 33.4 Å². The first kappa shape index (κ1) is 12.3. The van der Waals surface area contributed by atoms with Crippen LogP contribution in [0.4, 0.5) is 11.4 Å². The van der Waals surface area contributed by atoms with E-state index in [1.807, 2.05) is 48.5 Å². The Balaban J connectivity index is 1.70. The molecule has 3 heterocycles. The molecule has 5 heteroatoms. The van der Waals surface area contributed by atoms with Crippen molar-refractivity contribution in [3.05, 3.63) is 54.8 Å². The van der Waals surface area contributed by atoms with Gasteiger partial charge in [-0.05, 0) is 24.3 Å². The van der Waals surface area contributed by atoms with Crippen molar-refractivity contribution in [1.82, 2.24) is 4.98 Å². The molecule has 0 radical (unpaired) electrons. The minimum absolute atomic E-state index is 0.267. The molecule has 0 saturated heterocycles. The highest BCUT2D eigenvalue weighted by molar-refractivity contribution is 6.07. The molecule has 2 aromatic heterocycles. The van der Waals surface area contributed by atoms with Crippen molar-refractivity contribution in [2.75, 3.05) is 12.1 Å². The summed E-state index contributed by atoms with van der Waals surface area (Å²) in [5.74, 6) is 1.51. The molecule has 4 aromatic rings. The molecule has 2 aromatic carbocycles. The second kappa shape index (κ2) is 4.64. The molecule has 1 aliphatic heterocycles. The maximum Gasteiger partial charge on any atom is 0.231 e.